The maximum absolute atomic E-state index is 12.1. The quantitative estimate of drug-likeness (QED) is 0.573. The van der Waals surface area contributed by atoms with Gasteiger partial charge in [0.2, 0.25) is 0 Å². The second-order valence-electron chi connectivity index (χ2n) is 7.43. The second-order valence-corrected chi connectivity index (χ2v) is 9.20. The van der Waals surface area contributed by atoms with Crippen LogP contribution < -0.4 is 10.6 Å². The Labute approximate surface area is 166 Å². The second kappa shape index (κ2) is 8.84. The Hall–Kier alpha value is -0.630. The van der Waals surface area contributed by atoms with Gasteiger partial charge in [0.25, 0.3) is 0 Å². The molecule has 3 N–H and O–H groups in total. The zero-order valence-corrected chi connectivity index (χ0v) is 18.0. The molecule has 7 heteroatoms. The molecule has 1 aliphatic rings. The Morgan fingerprint density at radius 1 is 1.24 bits per heavy atom. The number of benzene rings is 1. The van der Waals surface area contributed by atoms with E-state index in [4.69, 9.17) is 4.74 Å². The van der Waals surface area contributed by atoms with E-state index < -0.39 is 11.7 Å². The standard InChI is InChI=1S/C18H26Br2N2O3/c1-18(2,3)25-17(24)22-16-11(8-12(19)9-15(16)20)10-21-13-4-6-14(23)7-5-13/h8-9,13-14,21,23H,4-7,10H2,1-3H3,(H,22,24)/t13-,14-. The molecule has 1 fully saturated rings. The van der Waals surface area contributed by atoms with Crippen LogP contribution in [0.2, 0.25) is 0 Å². The van der Waals surface area contributed by atoms with E-state index in [0.29, 0.717) is 18.3 Å². The number of carbonyl (C=O) groups excluding carboxylic acids is 1. The molecule has 140 valence electrons. The van der Waals surface area contributed by atoms with E-state index in [9.17, 15) is 9.90 Å². The first kappa shape index (κ1) is 20.7. The predicted molar refractivity (Wildman–Crippen MR) is 107 cm³/mol. The van der Waals surface area contributed by atoms with Crippen molar-refractivity contribution in [2.45, 2.75) is 70.7 Å². The number of amides is 1. The van der Waals surface area contributed by atoms with Crippen LogP contribution in [0.5, 0.6) is 0 Å². The summed E-state index contributed by atoms with van der Waals surface area (Å²) in [5.41, 5.74) is 1.13. The van der Waals surface area contributed by atoms with Crippen molar-refractivity contribution in [2.24, 2.45) is 0 Å². The molecule has 25 heavy (non-hydrogen) atoms. The summed E-state index contributed by atoms with van der Waals surface area (Å²) in [6.07, 6.45) is 2.96. The molecule has 5 nitrogen and oxygen atoms in total. The molecule has 0 heterocycles. The van der Waals surface area contributed by atoms with Gasteiger partial charge in [-0.3, -0.25) is 5.32 Å². The van der Waals surface area contributed by atoms with Crippen molar-refractivity contribution in [3.63, 3.8) is 0 Å². The van der Waals surface area contributed by atoms with Crippen LogP contribution in [0.1, 0.15) is 52.0 Å². The Kier molecular flexibility index (Phi) is 7.31. The van der Waals surface area contributed by atoms with Gasteiger partial charge in [0.1, 0.15) is 5.60 Å². The Morgan fingerprint density at radius 3 is 2.48 bits per heavy atom. The largest absolute Gasteiger partial charge is 0.444 e. The minimum absolute atomic E-state index is 0.164. The average Bonchev–Trinajstić information content (AvgIpc) is 2.48. The third-order valence-corrected chi connectivity index (χ3v) is 5.12. The topological polar surface area (TPSA) is 70.6 Å². The van der Waals surface area contributed by atoms with Gasteiger partial charge in [-0.1, -0.05) is 15.9 Å². The highest BCUT2D eigenvalue weighted by molar-refractivity contribution is 9.11. The molecule has 0 unspecified atom stereocenters. The van der Waals surface area contributed by atoms with Gasteiger partial charge >= 0.3 is 6.09 Å². The monoisotopic (exact) mass is 476 g/mol. The summed E-state index contributed by atoms with van der Waals surface area (Å²) in [4.78, 5) is 12.1. The third kappa shape index (κ3) is 6.89. The molecule has 1 saturated carbocycles. The molecule has 1 aliphatic carbocycles. The van der Waals surface area contributed by atoms with Crippen LogP contribution in [0.3, 0.4) is 0 Å². The lowest BCUT2D eigenvalue weighted by molar-refractivity contribution is 0.0635. The first-order valence-corrected chi connectivity index (χ1v) is 10.1. The molecule has 1 aromatic rings. The molecule has 0 saturated heterocycles. The van der Waals surface area contributed by atoms with Crippen molar-refractivity contribution in [1.29, 1.82) is 0 Å². The fourth-order valence-corrected chi connectivity index (χ4v) is 4.26. The molecular formula is C18H26Br2N2O3. The maximum atomic E-state index is 12.1. The number of hydrogen-bond acceptors (Lipinski definition) is 4. The Bertz CT molecular complexity index is 609. The van der Waals surface area contributed by atoms with Gasteiger partial charge in [-0.05, 0) is 80.1 Å². The van der Waals surface area contributed by atoms with Gasteiger partial charge in [0.05, 0.1) is 11.8 Å². The van der Waals surface area contributed by atoms with E-state index >= 15 is 0 Å². The fourth-order valence-electron chi connectivity index (χ4n) is 2.85. The number of rotatable bonds is 4. The van der Waals surface area contributed by atoms with Crippen LogP contribution in [-0.2, 0) is 11.3 Å². The van der Waals surface area contributed by atoms with Crippen LogP contribution in [-0.4, -0.2) is 28.9 Å². The Balaban J connectivity index is 2.07. The van der Waals surface area contributed by atoms with Crippen molar-refractivity contribution in [3.8, 4) is 0 Å². The van der Waals surface area contributed by atoms with E-state index in [1.165, 1.54) is 0 Å². The van der Waals surface area contributed by atoms with Gasteiger partial charge < -0.3 is 15.2 Å². The van der Waals surface area contributed by atoms with E-state index in [-0.39, 0.29) is 6.10 Å². The first-order valence-electron chi connectivity index (χ1n) is 8.53. The number of nitrogens with one attached hydrogen (secondary N) is 2. The summed E-state index contributed by atoms with van der Waals surface area (Å²) in [5, 5.41) is 16.0. The summed E-state index contributed by atoms with van der Waals surface area (Å²) >= 11 is 7.02. The number of hydrogen-bond donors (Lipinski definition) is 3. The fraction of sp³-hybridized carbons (Fsp3) is 0.611. The Morgan fingerprint density at radius 2 is 1.88 bits per heavy atom. The van der Waals surface area contributed by atoms with Crippen molar-refractivity contribution >= 4 is 43.6 Å². The van der Waals surface area contributed by atoms with Crippen molar-refractivity contribution in [1.82, 2.24) is 5.32 Å². The van der Waals surface area contributed by atoms with Gasteiger partial charge in [0.15, 0.2) is 0 Å². The highest BCUT2D eigenvalue weighted by atomic mass is 79.9. The maximum Gasteiger partial charge on any atom is 0.412 e. The predicted octanol–water partition coefficient (Wildman–Crippen LogP) is 4.95. The summed E-state index contributed by atoms with van der Waals surface area (Å²) in [6, 6.07) is 4.27. The highest BCUT2D eigenvalue weighted by Gasteiger charge is 2.21. The zero-order valence-electron chi connectivity index (χ0n) is 14.9. The van der Waals surface area contributed by atoms with Crippen LogP contribution in [0.15, 0.2) is 21.1 Å². The third-order valence-electron chi connectivity index (χ3n) is 4.04. The molecule has 0 aromatic heterocycles. The highest BCUT2D eigenvalue weighted by Crippen LogP contribution is 2.31. The molecule has 0 spiro atoms. The number of ether oxygens (including phenoxy) is 1. The van der Waals surface area contributed by atoms with Gasteiger partial charge in [-0.25, -0.2) is 4.79 Å². The van der Waals surface area contributed by atoms with Gasteiger partial charge in [-0.15, -0.1) is 0 Å². The number of anilines is 1. The summed E-state index contributed by atoms with van der Waals surface area (Å²) in [5.74, 6) is 0. The summed E-state index contributed by atoms with van der Waals surface area (Å²) in [6.45, 7) is 6.14. The smallest absolute Gasteiger partial charge is 0.412 e. The first-order chi connectivity index (χ1) is 11.6. The number of aliphatic hydroxyl groups excluding tert-OH is 1. The molecule has 1 aromatic carbocycles. The van der Waals surface area contributed by atoms with Crippen molar-refractivity contribution in [3.05, 3.63) is 26.6 Å². The lowest BCUT2D eigenvalue weighted by atomic mass is 9.93. The molecule has 2 rings (SSSR count). The molecular weight excluding hydrogens is 452 g/mol. The summed E-state index contributed by atoms with van der Waals surface area (Å²) in [7, 11) is 0. The van der Waals surface area contributed by atoms with E-state index in [2.05, 4.69) is 42.5 Å². The van der Waals surface area contributed by atoms with Crippen molar-refractivity contribution < 1.29 is 14.6 Å². The number of halogens is 2. The van der Waals surface area contributed by atoms with E-state index in [0.717, 1.165) is 40.2 Å². The van der Waals surface area contributed by atoms with Gasteiger partial charge in [-0.2, -0.15) is 0 Å². The van der Waals surface area contributed by atoms with E-state index in [1.54, 1.807) is 0 Å². The van der Waals surface area contributed by atoms with Crippen LogP contribution in [0.4, 0.5) is 10.5 Å². The minimum atomic E-state index is -0.548. The van der Waals surface area contributed by atoms with Crippen LogP contribution >= 0.6 is 31.9 Å². The molecule has 0 atom stereocenters. The molecule has 0 aliphatic heterocycles. The molecule has 1 amide bonds. The zero-order chi connectivity index (χ0) is 18.6. The average molecular weight is 478 g/mol. The lowest BCUT2D eigenvalue weighted by Crippen LogP contribution is -2.34. The van der Waals surface area contributed by atoms with Crippen LogP contribution in [0, 0.1) is 0 Å². The van der Waals surface area contributed by atoms with Crippen LogP contribution in [0.25, 0.3) is 0 Å². The molecule has 0 radical (unpaired) electrons. The van der Waals surface area contributed by atoms with Gasteiger partial charge in [0, 0.05) is 21.5 Å². The number of aliphatic hydroxyl groups is 1. The van der Waals surface area contributed by atoms with Crippen molar-refractivity contribution in [2.75, 3.05) is 5.32 Å². The SMILES string of the molecule is CC(C)(C)OC(=O)Nc1c(Br)cc(Br)cc1CN[C@H]1CC[C@H](O)CC1. The normalized spacial score (nSPS) is 21.0. The summed E-state index contributed by atoms with van der Waals surface area (Å²) < 4.78 is 7.09. The number of carbonyl (C=O) groups is 1. The lowest BCUT2D eigenvalue weighted by Gasteiger charge is -2.27. The molecule has 0 bridgehead atoms. The minimum Gasteiger partial charge on any atom is -0.444 e. The van der Waals surface area contributed by atoms with E-state index in [1.807, 2.05) is 32.9 Å².